The molecule has 21 heavy (non-hydrogen) atoms. The van der Waals surface area contributed by atoms with Gasteiger partial charge in [0.15, 0.2) is 0 Å². The lowest BCUT2D eigenvalue weighted by Crippen LogP contribution is -2.33. The lowest BCUT2D eigenvalue weighted by atomic mass is 10.1. The molecule has 1 aromatic heterocycles. The summed E-state index contributed by atoms with van der Waals surface area (Å²) < 4.78 is 0. The highest BCUT2D eigenvalue weighted by atomic mass is 16.1. The van der Waals surface area contributed by atoms with Crippen LogP contribution in [0, 0.1) is 0 Å². The summed E-state index contributed by atoms with van der Waals surface area (Å²) >= 11 is 0. The van der Waals surface area contributed by atoms with E-state index in [0.29, 0.717) is 24.9 Å². The van der Waals surface area contributed by atoms with Gasteiger partial charge in [-0.25, -0.2) is 0 Å². The molecular formula is C13H23N7O. The Morgan fingerprint density at radius 1 is 1.29 bits per heavy atom. The van der Waals surface area contributed by atoms with Gasteiger partial charge in [0, 0.05) is 40.2 Å². The maximum Gasteiger partial charge on any atom is 0.231 e. The first-order chi connectivity index (χ1) is 10.1. The van der Waals surface area contributed by atoms with Gasteiger partial charge in [-0.05, 0) is 19.3 Å². The van der Waals surface area contributed by atoms with Crippen molar-refractivity contribution in [3.05, 3.63) is 0 Å². The van der Waals surface area contributed by atoms with Crippen molar-refractivity contribution in [1.82, 2.24) is 20.3 Å². The quantitative estimate of drug-likeness (QED) is 0.789. The number of anilines is 3. The zero-order valence-electron chi connectivity index (χ0n) is 12.7. The zero-order chi connectivity index (χ0) is 15.2. The molecule has 1 fully saturated rings. The summed E-state index contributed by atoms with van der Waals surface area (Å²) in [5, 5.41) is 2.59. The van der Waals surface area contributed by atoms with Gasteiger partial charge < -0.3 is 20.9 Å². The molecule has 1 amide bonds. The highest BCUT2D eigenvalue weighted by Crippen LogP contribution is 2.18. The van der Waals surface area contributed by atoms with E-state index in [-0.39, 0.29) is 11.9 Å². The standard InChI is InChI=1S/C13H23N7O/c1-15-10(21)6-9-19(2)12-16-11(14)17-13(18-12)20-7-4-3-5-8-20/h3-9H2,1-2H3,(H,15,21)(H2,14,16,17,18). The van der Waals surface area contributed by atoms with Gasteiger partial charge in [-0.1, -0.05) is 0 Å². The topological polar surface area (TPSA) is 100 Å². The number of carbonyl (C=O) groups is 1. The largest absolute Gasteiger partial charge is 0.368 e. The highest BCUT2D eigenvalue weighted by Gasteiger charge is 2.17. The van der Waals surface area contributed by atoms with Gasteiger partial charge in [-0.3, -0.25) is 4.79 Å². The smallest absolute Gasteiger partial charge is 0.231 e. The minimum Gasteiger partial charge on any atom is -0.368 e. The molecule has 0 atom stereocenters. The Balaban J connectivity index is 2.08. The van der Waals surface area contributed by atoms with Crippen LogP contribution in [0.3, 0.4) is 0 Å². The van der Waals surface area contributed by atoms with E-state index in [2.05, 4.69) is 25.2 Å². The molecule has 0 saturated carbocycles. The average Bonchev–Trinajstić information content (AvgIpc) is 2.52. The first-order valence-electron chi connectivity index (χ1n) is 7.28. The van der Waals surface area contributed by atoms with Crippen LogP contribution in [0.2, 0.25) is 0 Å². The second-order valence-corrected chi connectivity index (χ2v) is 5.19. The third kappa shape index (κ3) is 4.17. The highest BCUT2D eigenvalue weighted by molar-refractivity contribution is 5.76. The van der Waals surface area contributed by atoms with Crippen molar-refractivity contribution >= 4 is 23.8 Å². The van der Waals surface area contributed by atoms with Gasteiger partial charge >= 0.3 is 0 Å². The van der Waals surface area contributed by atoms with E-state index in [9.17, 15) is 4.79 Å². The third-order valence-electron chi connectivity index (χ3n) is 3.56. The average molecular weight is 293 g/mol. The van der Waals surface area contributed by atoms with E-state index in [1.165, 1.54) is 6.42 Å². The molecule has 2 rings (SSSR count). The summed E-state index contributed by atoms with van der Waals surface area (Å²) in [5.41, 5.74) is 5.79. The predicted octanol–water partition coefficient (Wildman–Crippen LogP) is 0.0164. The predicted molar refractivity (Wildman–Crippen MR) is 82.3 cm³/mol. The van der Waals surface area contributed by atoms with Crippen molar-refractivity contribution < 1.29 is 4.79 Å². The van der Waals surface area contributed by atoms with Gasteiger partial charge in [-0.15, -0.1) is 0 Å². The van der Waals surface area contributed by atoms with Gasteiger partial charge in [-0.2, -0.15) is 15.0 Å². The summed E-state index contributed by atoms with van der Waals surface area (Å²) in [6.07, 6.45) is 3.93. The van der Waals surface area contributed by atoms with Crippen LogP contribution in [0.5, 0.6) is 0 Å². The number of carbonyl (C=O) groups excluding carboxylic acids is 1. The van der Waals surface area contributed by atoms with Crippen molar-refractivity contribution in [3.63, 3.8) is 0 Å². The van der Waals surface area contributed by atoms with E-state index in [1.807, 2.05) is 11.9 Å². The SMILES string of the molecule is CNC(=O)CCN(C)c1nc(N)nc(N2CCCCC2)n1. The summed E-state index contributed by atoms with van der Waals surface area (Å²) in [7, 11) is 3.47. The maximum atomic E-state index is 11.3. The molecule has 1 aromatic rings. The summed E-state index contributed by atoms with van der Waals surface area (Å²) in [5.74, 6) is 1.34. The van der Waals surface area contributed by atoms with E-state index >= 15 is 0 Å². The molecule has 3 N–H and O–H groups in total. The van der Waals surface area contributed by atoms with Crippen molar-refractivity contribution in [3.8, 4) is 0 Å². The van der Waals surface area contributed by atoms with Crippen LogP contribution < -0.4 is 20.9 Å². The number of hydrogen-bond acceptors (Lipinski definition) is 7. The molecule has 0 aliphatic carbocycles. The Kier molecular flexibility index (Phi) is 5.13. The molecule has 1 aliphatic rings. The van der Waals surface area contributed by atoms with E-state index < -0.39 is 0 Å². The molecule has 116 valence electrons. The zero-order valence-corrected chi connectivity index (χ0v) is 12.7. The molecule has 1 aliphatic heterocycles. The second-order valence-electron chi connectivity index (χ2n) is 5.19. The first kappa shape index (κ1) is 15.3. The summed E-state index contributed by atoms with van der Waals surface area (Å²) in [6.45, 7) is 2.43. The van der Waals surface area contributed by atoms with Crippen LogP contribution in [0.15, 0.2) is 0 Å². The molecule has 1 saturated heterocycles. The number of rotatable bonds is 5. The normalized spacial score (nSPS) is 14.9. The molecule has 0 bridgehead atoms. The Labute approximate surface area is 124 Å². The molecule has 8 nitrogen and oxygen atoms in total. The van der Waals surface area contributed by atoms with E-state index in [0.717, 1.165) is 25.9 Å². The van der Waals surface area contributed by atoms with Crippen LogP contribution >= 0.6 is 0 Å². The van der Waals surface area contributed by atoms with Crippen molar-refractivity contribution in [1.29, 1.82) is 0 Å². The Morgan fingerprint density at radius 3 is 2.67 bits per heavy atom. The summed E-state index contributed by atoms with van der Waals surface area (Å²) in [4.78, 5) is 28.1. The number of hydrogen-bond donors (Lipinski definition) is 2. The van der Waals surface area contributed by atoms with Gasteiger partial charge in [0.2, 0.25) is 23.8 Å². The minimum absolute atomic E-state index is 0.0138. The Morgan fingerprint density at radius 2 is 2.00 bits per heavy atom. The van der Waals surface area contributed by atoms with Gasteiger partial charge in [0.1, 0.15) is 0 Å². The minimum atomic E-state index is -0.0138. The fourth-order valence-corrected chi connectivity index (χ4v) is 2.27. The molecule has 0 unspecified atom stereocenters. The number of nitrogens with one attached hydrogen (secondary N) is 1. The van der Waals surface area contributed by atoms with Crippen molar-refractivity contribution in [2.75, 3.05) is 49.3 Å². The van der Waals surface area contributed by atoms with E-state index in [1.54, 1.807) is 7.05 Å². The van der Waals surface area contributed by atoms with E-state index in [4.69, 9.17) is 5.73 Å². The fourth-order valence-electron chi connectivity index (χ4n) is 2.27. The number of piperidine rings is 1. The van der Waals surface area contributed by atoms with Crippen LogP contribution in [-0.2, 0) is 4.79 Å². The number of nitrogen functional groups attached to an aromatic ring is 1. The monoisotopic (exact) mass is 293 g/mol. The van der Waals surface area contributed by atoms with Crippen molar-refractivity contribution in [2.45, 2.75) is 25.7 Å². The molecular weight excluding hydrogens is 270 g/mol. The third-order valence-corrected chi connectivity index (χ3v) is 3.56. The molecule has 2 heterocycles. The number of aromatic nitrogens is 3. The summed E-state index contributed by atoms with van der Waals surface area (Å²) in [6, 6.07) is 0. The van der Waals surface area contributed by atoms with Crippen LogP contribution in [0.4, 0.5) is 17.8 Å². The second kappa shape index (κ2) is 7.05. The number of amides is 1. The lowest BCUT2D eigenvalue weighted by Gasteiger charge is -2.27. The fraction of sp³-hybridized carbons (Fsp3) is 0.692. The number of nitrogens with two attached hydrogens (primary N) is 1. The van der Waals surface area contributed by atoms with Crippen LogP contribution in [0.25, 0.3) is 0 Å². The lowest BCUT2D eigenvalue weighted by molar-refractivity contribution is -0.120. The van der Waals surface area contributed by atoms with Crippen molar-refractivity contribution in [2.24, 2.45) is 0 Å². The first-order valence-corrected chi connectivity index (χ1v) is 7.28. The molecule has 8 heteroatoms. The molecule has 0 spiro atoms. The molecule has 0 radical (unpaired) electrons. The molecule has 0 aromatic carbocycles. The Bertz CT molecular complexity index is 487. The van der Waals surface area contributed by atoms with Crippen LogP contribution in [0.1, 0.15) is 25.7 Å². The van der Waals surface area contributed by atoms with Gasteiger partial charge in [0.25, 0.3) is 0 Å². The van der Waals surface area contributed by atoms with Crippen LogP contribution in [-0.4, -0.2) is 54.6 Å². The Hall–Kier alpha value is -2.12. The number of nitrogens with zero attached hydrogens (tertiary/aromatic N) is 5. The van der Waals surface area contributed by atoms with Gasteiger partial charge in [0.05, 0.1) is 0 Å². The maximum absolute atomic E-state index is 11.3.